The number of aryl methyl sites for hydroxylation is 1. The summed E-state index contributed by atoms with van der Waals surface area (Å²) in [6, 6.07) is 4.86. The van der Waals surface area contributed by atoms with Gasteiger partial charge in [-0.1, -0.05) is 6.07 Å². The number of aliphatic imine (C=N–C) groups is 1. The highest BCUT2D eigenvalue weighted by atomic mass is 32.2. The zero-order valence-corrected chi connectivity index (χ0v) is 16.2. The van der Waals surface area contributed by atoms with Gasteiger partial charge in [-0.25, -0.2) is 4.39 Å². The SMILES string of the molecule is CCNC(=NCCS(=O)C(C)(C)C)NCCc1ccc(F)cc1C. The van der Waals surface area contributed by atoms with E-state index in [0.717, 1.165) is 30.1 Å². The summed E-state index contributed by atoms with van der Waals surface area (Å²) in [6.07, 6.45) is 0.796. The molecule has 2 N–H and O–H groups in total. The number of hydrogen-bond acceptors (Lipinski definition) is 2. The maximum Gasteiger partial charge on any atom is 0.191 e. The standard InChI is InChI=1S/C18H30FN3OS/c1-6-20-17(22-11-12-24(23)18(3,4)5)21-10-9-15-7-8-16(19)13-14(15)2/h7-8,13H,6,9-12H2,1-5H3,(H2,20,21,22). The summed E-state index contributed by atoms with van der Waals surface area (Å²) in [7, 11) is -0.897. The number of nitrogens with one attached hydrogen (secondary N) is 2. The van der Waals surface area contributed by atoms with Gasteiger partial charge in [0.15, 0.2) is 5.96 Å². The monoisotopic (exact) mass is 355 g/mol. The molecule has 0 heterocycles. The van der Waals surface area contributed by atoms with Crippen LogP contribution in [0.25, 0.3) is 0 Å². The van der Waals surface area contributed by atoms with E-state index in [4.69, 9.17) is 0 Å². The van der Waals surface area contributed by atoms with Crippen molar-refractivity contribution in [2.45, 2.75) is 45.8 Å². The molecular weight excluding hydrogens is 325 g/mol. The first-order valence-corrected chi connectivity index (χ1v) is 9.71. The predicted molar refractivity (Wildman–Crippen MR) is 102 cm³/mol. The minimum absolute atomic E-state index is 0.203. The maximum atomic E-state index is 13.1. The van der Waals surface area contributed by atoms with Crippen LogP contribution in [0.5, 0.6) is 0 Å². The molecule has 0 fully saturated rings. The van der Waals surface area contributed by atoms with E-state index < -0.39 is 10.8 Å². The Bertz CT molecular complexity index is 582. The Labute approximate surface area is 147 Å². The van der Waals surface area contributed by atoms with Crippen LogP contribution in [0.4, 0.5) is 4.39 Å². The zero-order chi connectivity index (χ0) is 18.2. The molecule has 0 aliphatic rings. The van der Waals surface area contributed by atoms with E-state index in [-0.39, 0.29) is 10.6 Å². The van der Waals surface area contributed by atoms with Gasteiger partial charge in [-0.3, -0.25) is 9.20 Å². The third-order valence-electron chi connectivity index (χ3n) is 3.57. The van der Waals surface area contributed by atoms with E-state index in [1.54, 1.807) is 6.07 Å². The number of nitrogens with zero attached hydrogens (tertiary/aromatic N) is 1. The molecule has 0 saturated heterocycles. The van der Waals surface area contributed by atoms with Crippen molar-refractivity contribution < 1.29 is 8.60 Å². The molecule has 1 aromatic rings. The van der Waals surface area contributed by atoms with E-state index in [1.165, 1.54) is 6.07 Å². The number of rotatable bonds is 7. The molecule has 136 valence electrons. The van der Waals surface area contributed by atoms with Crippen molar-refractivity contribution in [3.8, 4) is 0 Å². The van der Waals surface area contributed by atoms with Crippen LogP contribution in [0.3, 0.4) is 0 Å². The molecule has 0 saturated carbocycles. The Balaban J connectivity index is 2.50. The van der Waals surface area contributed by atoms with Gasteiger partial charge in [0.25, 0.3) is 0 Å². The summed E-state index contributed by atoms with van der Waals surface area (Å²) >= 11 is 0. The van der Waals surface area contributed by atoms with E-state index >= 15 is 0 Å². The highest BCUT2D eigenvalue weighted by molar-refractivity contribution is 7.86. The van der Waals surface area contributed by atoms with E-state index in [1.807, 2.05) is 40.7 Å². The van der Waals surface area contributed by atoms with Gasteiger partial charge in [-0.2, -0.15) is 0 Å². The van der Waals surface area contributed by atoms with Crippen molar-refractivity contribution in [3.63, 3.8) is 0 Å². The second-order valence-electron chi connectivity index (χ2n) is 6.67. The van der Waals surface area contributed by atoms with Gasteiger partial charge in [-0.15, -0.1) is 0 Å². The van der Waals surface area contributed by atoms with Gasteiger partial charge >= 0.3 is 0 Å². The molecule has 6 heteroatoms. The average molecular weight is 356 g/mol. The molecule has 1 aromatic carbocycles. The lowest BCUT2D eigenvalue weighted by atomic mass is 10.1. The number of hydrogen-bond donors (Lipinski definition) is 2. The molecule has 4 nitrogen and oxygen atoms in total. The minimum atomic E-state index is -0.897. The van der Waals surface area contributed by atoms with Gasteiger partial charge in [0.2, 0.25) is 0 Å². The van der Waals surface area contributed by atoms with Crippen LogP contribution in [0.1, 0.15) is 38.8 Å². The van der Waals surface area contributed by atoms with Crippen LogP contribution >= 0.6 is 0 Å². The molecule has 0 aliphatic heterocycles. The van der Waals surface area contributed by atoms with Crippen molar-refractivity contribution in [2.24, 2.45) is 4.99 Å². The van der Waals surface area contributed by atoms with Crippen LogP contribution < -0.4 is 10.6 Å². The second-order valence-corrected chi connectivity index (χ2v) is 8.99. The van der Waals surface area contributed by atoms with E-state index in [2.05, 4.69) is 15.6 Å². The third-order valence-corrected chi connectivity index (χ3v) is 5.48. The minimum Gasteiger partial charge on any atom is -0.357 e. The van der Waals surface area contributed by atoms with Crippen LogP contribution in [-0.4, -0.2) is 40.3 Å². The topological polar surface area (TPSA) is 53.5 Å². The molecule has 24 heavy (non-hydrogen) atoms. The normalized spacial score (nSPS) is 13.7. The molecule has 0 spiro atoms. The highest BCUT2D eigenvalue weighted by Crippen LogP contribution is 2.11. The average Bonchev–Trinajstić information content (AvgIpc) is 2.48. The van der Waals surface area contributed by atoms with Gasteiger partial charge in [0, 0.05) is 34.4 Å². The Kier molecular flexibility index (Phi) is 8.39. The smallest absolute Gasteiger partial charge is 0.191 e. The predicted octanol–water partition coefficient (Wildman–Crippen LogP) is 2.78. The summed E-state index contributed by atoms with van der Waals surface area (Å²) in [4.78, 5) is 4.48. The first-order chi connectivity index (χ1) is 11.2. The van der Waals surface area contributed by atoms with Crippen molar-refractivity contribution in [3.05, 3.63) is 35.1 Å². The molecule has 1 rings (SSSR count). The summed E-state index contributed by atoms with van der Waals surface area (Å²) in [5.41, 5.74) is 2.08. The first-order valence-electron chi connectivity index (χ1n) is 8.39. The van der Waals surface area contributed by atoms with Gasteiger partial charge in [-0.05, 0) is 64.3 Å². The Morgan fingerprint density at radius 1 is 1.29 bits per heavy atom. The Morgan fingerprint density at radius 2 is 2.00 bits per heavy atom. The molecule has 0 amide bonds. The van der Waals surface area contributed by atoms with Gasteiger partial charge in [0.1, 0.15) is 5.82 Å². The molecule has 0 bridgehead atoms. The van der Waals surface area contributed by atoms with Crippen molar-refractivity contribution in [1.82, 2.24) is 10.6 Å². The number of halogens is 1. The molecule has 0 aliphatic carbocycles. The largest absolute Gasteiger partial charge is 0.357 e. The Morgan fingerprint density at radius 3 is 2.58 bits per heavy atom. The summed E-state index contributed by atoms with van der Waals surface area (Å²) in [5, 5.41) is 6.45. The summed E-state index contributed by atoms with van der Waals surface area (Å²) in [6.45, 7) is 11.8. The highest BCUT2D eigenvalue weighted by Gasteiger charge is 2.18. The second kappa shape index (κ2) is 9.77. The summed E-state index contributed by atoms with van der Waals surface area (Å²) in [5.74, 6) is 1.08. The lowest BCUT2D eigenvalue weighted by Crippen LogP contribution is -2.38. The Hall–Kier alpha value is -1.43. The molecule has 0 radical (unpaired) electrons. The van der Waals surface area contributed by atoms with Crippen LogP contribution in [0, 0.1) is 12.7 Å². The molecule has 1 unspecified atom stereocenters. The maximum absolute atomic E-state index is 13.1. The quantitative estimate of drug-likeness (QED) is 0.584. The molecular formula is C18H30FN3OS. The van der Waals surface area contributed by atoms with Gasteiger partial charge in [0.05, 0.1) is 6.54 Å². The first kappa shape index (κ1) is 20.6. The van der Waals surface area contributed by atoms with Crippen LogP contribution in [0.2, 0.25) is 0 Å². The zero-order valence-electron chi connectivity index (χ0n) is 15.4. The third kappa shape index (κ3) is 7.43. The number of benzene rings is 1. The van der Waals surface area contributed by atoms with Crippen molar-refractivity contribution in [2.75, 3.05) is 25.4 Å². The number of guanidine groups is 1. The molecule has 1 atom stereocenters. The van der Waals surface area contributed by atoms with Crippen molar-refractivity contribution >= 4 is 16.8 Å². The lowest BCUT2D eigenvalue weighted by Gasteiger charge is -2.17. The van der Waals surface area contributed by atoms with Gasteiger partial charge < -0.3 is 10.6 Å². The summed E-state index contributed by atoms with van der Waals surface area (Å²) < 4.78 is 24.9. The van der Waals surface area contributed by atoms with E-state index in [0.29, 0.717) is 18.8 Å². The van der Waals surface area contributed by atoms with Crippen LogP contribution in [-0.2, 0) is 17.2 Å². The van der Waals surface area contributed by atoms with Crippen molar-refractivity contribution in [1.29, 1.82) is 0 Å². The van der Waals surface area contributed by atoms with Crippen LogP contribution in [0.15, 0.2) is 23.2 Å². The fourth-order valence-electron chi connectivity index (χ4n) is 2.14. The molecule has 0 aromatic heterocycles. The fraction of sp³-hybridized carbons (Fsp3) is 0.611. The fourth-order valence-corrected chi connectivity index (χ4v) is 3.01. The lowest BCUT2D eigenvalue weighted by molar-refractivity contribution is 0.625. The van der Waals surface area contributed by atoms with E-state index in [9.17, 15) is 8.60 Å².